The number of benzene rings is 3. The Morgan fingerprint density at radius 3 is 2.02 bits per heavy atom. The Balaban J connectivity index is 0.00000201. The highest BCUT2D eigenvalue weighted by Crippen LogP contribution is 2.33. The van der Waals surface area contributed by atoms with Gasteiger partial charge in [-0.25, -0.2) is 0 Å². The van der Waals surface area contributed by atoms with Gasteiger partial charge in [0.1, 0.15) is 0 Å². The van der Waals surface area contributed by atoms with Crippen LogP contribution in [0.3, 0.4) is 0 Å². The molecule has 41 heavy (non-hydrogen) atoms. The molecular formula is C35H47N3O3. The van der Waals surface area contributed by atoms with Crippen molar-refractivity contribution in [3.63, 3.8) is 0 Å². The molecule has 0 amide bonds. The van der Waals surface area contributed by atoms with E-state index in [0.29, 0.717) is 11.3 Å². The minimum Gasteiger partial charge on any atom is -0.512 e. The van der Waals surface area contributed by atoms with E-state index in [4.69, 9.17) is 21.7 Å². The average molecular weight is 558 g/mol. The van der Waals surface area contributed by atoms with Crippen LogP contribution in [-0.4, -0.2) is 27.4 Å². The summed E-state index contributed by atoms with van der Waals surface area (Å²) in [6.45, 7) is 13.8. The van der Waals surface area contributed by atoms with Gasteiger partial charge in [-0.05, 0) is 50.8 Å². The van der Waals surface area contributed by atoms with E-state index in [1.807, 2.05) is 107 Å². The number of nitrogens with one attached hydrogen (secondary N) is 2. The highest BCUT2D eigenvalue weighted by atomic mass is 17.0. The van der Waals surface area contributed by atoms with Crippen LogP contribution in [0.25, 0.3) is 5.57 Å². The Morgan fingerprint density at radius 1 is 0.902 bits per heavy atom. The van der Waals surface area contributed by atoms with E-state index in [-0.39, 0.29) is 23.8 Å². The molecule has 0 heterocycles. The summed E-state index contributed by atoms with van der Waals surface area (Å²) in [6.07, 6.45) is 8.30. The van der Waals surface area contributed by atoms with Gasteiger partial charge in [0.2, 0.25) is 0 Å². The number of rotatable bonds is 10. The predicted octanol–water partition coefficient (Wildman–Crippen LogP) is 9.01. The fourth-order valence-corrected chi connectivity index (χ4v) is 4.53. The summed E-state index contributed by atoms with van der Waals surface area (Å²) < 4.78 is 0. The van der Waals surface area contributed by atoms with Crippen molar-refractivity contribution in [3.8, 4) is 0 Å². The van der Waals surface area contributed by atoms with Crippen molar-refractivity contribution < 1.29 is 15.6 Å². The van der Waals surface area contributed by atoms with Crippen LogP contribution in [0, 0.1) is 18.3 Å². The van der Waals surface area contributed by atoms with E-state index in [9.17, 15) is 5.11 Å². The molecule has 3 aromatic rings. The van der Waals surface area contributed by atoms with Gasteiger partial charge in [0.05, 0.1) is 17.5 Å². The summed E-state index contributed by atoms with van der Waals surface area (Å²) >= 11 is 0. The van der Waals surface area contributed by atoms with Gasteiger partial charge < -0.3 is 16.2 Å². The molecule has 3 atom stereocenters. The van der Waals surface area contributed by atoms with E-state index >= 15 is 0 Å². The van der Waals surface area contributed by atoms with E-state index in [1.54, 1.807) is 6.92 Å². The molecule has 0 radical (unpaired) electrons. The van der Waals surface area contributed by atoms with Crippen molar-refractivity contribution in [2.45, 2.75) is 60.5 Å². The number of anilines is 1. The molecule has 0 aliphatic carbocycles. The molecule has 7 N–H and O–H groups in total. The van der Waals surface area contributed by atoms with Gasteiger partial charge in [-0.3, -0.25) is 15.9 Å². The van der Waals surface area contributed by atoms with Crippen LogP contribution < -0.4 is 11.1 Å². The maximum absolute atomic E-state index is 10.4. The van der Waals surface area contributed by atoms with Gasteiger partial charge in [0.15, 0.2) is 0 Å². The maximum atomic E-state index is 10.4. The van der Waals surface area contributed by atoms with Crippen LogP contribution in [-0.2, 0) is 0 Å². The molecule has 0 aromatic heterocycles. The Kier molecular flexibility index (Phi) is 15.7. The van der Waals surface area contributed by atoms with Crippen molar-refractivity contribution in [2.75, 3.05) is 5.32 Å². The summed E-state index contributed by atoms with van der Waals surface area (Å²) in [7, 11) is 0. The average Bonchev–Trinajstić information content (AvgIpc) is 2.98. The van der Waals surface area contributed by atoms with Crippen LogP contribution in [0.5, 0.6) is 0 Å². The largest absolute Gasteiger partial charge is 0.512 e. The number of aryl methyl sites for hydroxylation is 1. The first-order valence-electron chi connectivity index (χ1n) is 14.0. The van der Waals surface area contributed by atoms with Gasteiger partial charge in [-0.1, -0.05) is 117 Å². The molecule has 0 spiro atoms. The minimum atomic E-state index is -0.340. The van der Waals surface area contributed by atoms with Crippen molar-refractivity contribution >= 4 is 17.0 Å². The number of aliphatic hydroxyl groups excluding tert-OH is 1. The van der Waals surface area contributed by atoms with Crippen molar-refractivity contribution in [1.82, 2.24) is 0 Å². The number of aliphatic hydroxyl groups is 1. The molecule has 3 aromatic carbocycles. The van der Waals surface area contributed by atoms with Gasteiger partial charge in [0, 0.05) is 28.4 Å². The summed E-state index contributed by atoms with van der Waals surface area (Å²) in [5.74, 6) is 0.358. The summed E-state index contributed by atoms with van der Waals surface area (Å²) in [4.78, 5) is 0. The summed E-state index contributed by atoms with van der Waals surface area (Å²) in [5.41, 5.74) is 13.0. The topological polar surface area (TPSA) is 123 Å². The fraction of sp³-hybridized carbons (Fsp3) is 0.286. The second-order valence-electron chi connectivity index (χ2n) is 9.59. The van der Waals surface area contributed by atoms with Gasteiger partial charge >= 0.3 is 0 Å². The van der Waals surface area contributed by atoms with Crippen LogP contribution in [0.1, 0.15) is 75.4 Å². The quantitative estimate of drug-likeness (QED) is 0.0488. The Labute approximate surface area is 246 Å². The highest BCUT2D eigenvalue weighted by Gasteiger charge is 2.21. The standard InChI is InChI=1S/C33H39N3O.C2H6.H2O2/c1-6-7-9-12-23(3)33(27-13-10-8-11-14-27)36-30-21-28(31(24(4)34)25(5)37)19-20-29(30)32(35)26-17-15-22(2)16-18-26;2*1-2/h6-21,23-24,33,35-37H,34H2,1-5H3;1-2H3;1-2H/b7-6-,12-9-,31-25+,35-32?;;. The third-order valence-corrected chi connectivity index (χ3v) is 6.50. The molecule has 0 saturated heterocycles. The lowest BCUT2D eigenvalue weighted by Crippen LogP contribution is -2.21. The molecule has 0 bridgehead atoms. The van der Waals surface area contributed by atoms with E-state index in [0.717, 1.165) is 33.5 Å². The molecule has 0 aliphatic rings. The first-order valence-corrected chi connectivity index (χ1v) is 14.0. The second kappa shape index (κ2) is 18.4. The molecule has 0 saturated carbocycles. The highest BCUT2D eigenvalue weighted by molar-refractivity contribution is 6.14. The lowest BCUT2D eigenvalue weighted by molar-refractivity contribution is -0.176. The van der Waals surface area contributed by atoms with Gasteiger partial charge in [-0.2, -0.15) is 0 Å². The molecule has 220 valence electrons. The Bertz CT molecular complexity index is 1290. The molecule has 6 nitrogen and oxygen atoms in total. The fourth-order valence-electron chi connectivity index (χ4n) is 4.53. The summed E-state index contributed by atoms with van der Waals surface area (Å²) in [5, 5.41) is 35.2. The van der Waals surface area contributed by atoms with E-state index < -0.39 is 0 Å². The van der Waals surface area contributed by atoms with Crippen molar-refractivity contribution in [1.29, 1.82) is 5.41 Å². The zero-order valence-corrected chi connectivity index (χ0v) is 25.4. The normalized spacial score (nSPS) is 13.7. The molecule has 0 aliphatic heterocycles. The van der Waals surface area contributed by atoms with Gasteiger partial charge in [-0.15, -0.1) is 0 Å². The number of hydrogen-bond donors (Lipinski definition) is 6. The molecular weight excluding hydrogens is 510 g/mol. The van der Waals surface area contributed by atoms with E-state index in [1.165, 1.54) is 0 Å². The molecule has 0 fully saturated rings. The Hall–Kier alpha value is -3.97. The Morgan fingerprint density at radius 2 is 1.49 bits per heavy atom. The third-order valence-electron chi connectivity index (χ3n) is 6.50. The number of hydrogen-bond acceptors (Lipinski definition) is 6. The third kappa shape index (κ3) is 10.2. The SMILES string of the molecule is C/C=C\C=C/C(C)C(Nc1cc(/C(=C(\C)O)C(C)N)ccc1C(=N)c1ccc(C)cc1)c1ccccc1.CC.OO. The first kappa shape index (κ1) is 35.1. The van der Waals surface area contributed by atoms with Crippen molar-refractivity contribution in [3.05, 3.63) is 131 Å². The monoisotopic (exact) mass is 557 g/mol. The zero-order valence-electron chi connectivity index (χ0n) is 25.4. The zero-order chi connectivity index (χ0) is 30.9. The minimum absolute atomic E-state index is 0.0412. The summed E-state index contributed by atoms with van der Waals surface area (Å²) in [6, 6.07) is 23.9. The van der Waals surface area contributed by atoms with Crippen LogP contribution in [0.2, 0.25) is 0 Å². The van der Waals surface area contributed by atoms with Crippen LogP contribution in [0.15, 0.2) is 103 Å². The lowest BCUT2D eigenvalue weighted by atomic mass is 9.90. The maximum Gasteiger partial charge on any atom is 0.0945 e. The number of allylic oxidation sites excluding steroid dienone is 4. The molecule has 3 rings (SSSR count). The lowest BCUT2D eigenvalue weighted by Gasteiger charge is -2.27. The van der Waals surface area contributed by atoms with Crippen molar-refractivity contribution in [2.24, 2.45) is 11.7 Å². The molecule has 3 unspecified atom stereocenters. The second-order valence-corrected chi connectivity index (χ2v) is 9.59. The number of nitrogens with two attached hydrogens (primary N) is 1. The van der Waals surface area contributed by atoms with Crippen LogP contribution >= 0.6 is 0 Å². The first-order chi connectivity index (χ1) is 19.7. The van der Waals surface area contributed by atoms with E-state index in [2.05, 4.69) is 36.5 Å². The molecule has 6 heteroatoms. The van der Waals surface area contributed by atoms with Gasteiger partial charge in [0.25, 0.3) is 0 Å². The predicted molar refractivity (Wildman–Crippen MR) is 175 cm³/mol. The smallest absolute Gasteiger partial charge is 0.0945 e. The van der Waals surface area contributed by atoms with Crippen LogP contribution in [0.4, 0.5) is 5.69 Å².